The summed E-state index contributed by atoms with van der Waals surface area (Å²) in [6, 6.07) is 8.18. The van der Waals surface area contributed by atoms with E-state index in [1.807, 2.05) is 19.9 Å². The van der Waals surface area contributed by atoms with Gasteiger partial charge in [-0.2, -0.15) is 0 Å². The van der Waals surface area contributed by atoms with Crippen LogP contribution in [0.1, 0.15) is 24.2 Å². The summed E-state index contributed by atoms with van der Waals surface area (Å²) in [6.07, 6.45) is 0. The van der Waals surface area contributed by atoms with Crippen LogP contribution in [0.2, 0.25) is 0 Å². The zero-order valence-electron chi connectivity index (χ0n) is 13.9. The number of halogens is 1. The summed E-state index contributed by atoms with van der Waals surface area (Å²) in [6.45, 7) is 4.12. The third kappa shape index (κ3) is 7.94. The van der Waals surface area contributed by atoms with Gasteiger partial charge in [-0.05, 0) is 18.1 Å². The zero-order valence-corrected chi connectivity index (χ0v) is 14.7. The van der Waals surface area contributed by atoms with Crippen LogP contribution in [0.5, 0.6) is 0 Å². The van der Waals surface area contributed by atoms with Crippen LogP contribution in [0.25, 0.3) is 0 Å². The smallest absolute Gasteiger partial charge is 0.251 e. The zero-order chi connectivity index (χ0) is 17.2. The third-order valence-electron chi connectivity index (χ3n) is 3.21. The number of carbonyl (C=O) groups is 3. The van der Waals surface area contributed by atoms with Crippen molar-refractivity contribution in [2.75, 3.05) is 19.6 Å². The van der Waals surface area contributed by atoms with E-state index in [-0.39, 0.29) is 49.1 Å². The number of nitrogens with one attached hydrogen (secondary N) is 3. The van der Waals surface area contributed by atoms with Crippen molar-refractivity contribution >= 4 is 30.1 Å². The molecular formula is C16H25ClN4O3. The number of benzene rings is 1. The Kier molecular flexibility index (Phi) is 10.4. The van der Waals surface area contributed by atoms with Gasteiger partial charge in [-0.3, -0.25) is 14.4 Å². The molecular weight excluding hydrogens is 332 g/mol. The van der Waals surface area contributed by atoms with E-state index in [4.69, 9.17) is 5.73 Å². The highest BCUT2D eigenvalue weighted by molar-refractivity contribution is 5.94. The fourth-order valence-corrected chi connectivity index (χ4v) is 1.72. The molecule has 0 fully saturated rings. The summed E-state index contributed by atoms with van der Waals surface area (Å²) in [4.78, 5) is 34.9. The van der Waals surface area contributed by atoms with Gasteiger partial charge in [0.1, 0.15) is 0 Å². The molecule has 5 N–H and O–H groups in total. The van der Waals surface area contributed by atoms with Crippen LogP contribution in [-0.2, 0) is 9.59 Å². The van der Waals surface area contributed by atoms with E-state index in [1.54, 1.807) is 24.3 Å². The summed E-state index contributed by atoms with van der Waals surface area (Å²) in [5.41, 5.74) is 6.23. The molecule has 0 radical (unpaired) electrons. The van der Waals surface area contributed by atoms with Crippen molar-refractivity contribution in [1.82, 2.24) is 16.0 Å². The van der Waals surface area contributed by atoms with Gasteiger partial charge >= 0.3 is 0 Å². The second-order valence-corrected chi connectivity index (χ2v) is 5.46. The molecule has 1 aromatic carbocycles. The molecule has 1 rings (SSSR count). The van der Waals surface area contributed by atoms with E-state index in [2.05, 4.69) is 16.0 Å². The lowest BCUT2D eigenvalue weighted by atomic mass is 10.1. The minimum Gasteiger partial charge on any atom is -0.353 e. The molecule has 0 saturated carbocycles. The van der Waals surface area contributed by atoms with Crippen LogP contribution in [0.3, 0.4) is 0 Å². The molecule has 0 bridgehead atoms. The van der Waals surface area contributed by atoms with Crippen molar-refractivity contribution in [1.29, 1.82) is 0 Å². The molecule has 24 heavy (non-hydrogen) atoms. The minimum atomic E-state index is -0.632. The van der Waals surface area contributed by atoms with Gasteiger partial charge in [0.05, 0.1) is 12.6 Å². The van der Waals surface area contributed by atoms with Crippen LogP contribution in [0.4, 0.5) is 0 Å². The van der Waals surface area contributed by atoms with Gasteiger partial charge in [0, 0.05) is 18.7 Å². The molecule has 1 atom stereocenters. The molecule has 0 aliphatic rings. The summed E-state index contributed by atoms with van der Waals surface area (Å²) in [7, 11) is 0. The maximum absolute atomic E-state index is 11.7. The van der Waals surface area contributed by atoms with E-state index in [0.717, 1.165) is 0 Å². The number of nitrogens with two attached hydrogens (primary N) is 1. The lowest BCUT2D eigenvalue weighted by Crippen LogP contribution is -2.47. The highest BCUT2D eigenvalue weighted by Gasteiger charge is 2.17. The fraction of sp³-hybridized carbons (Fsp3) is 0.438. The van der Waals surface area contributed by atoms with Crippen molar-refractivity contribution in [3.8, 4) is 0 Å². The fourth-order valence-electron chi connectivity index (χ4n) is 1.72. The third-order valence-corrected chi connectivity index (χ3v) is 3.21. The van der Waals surface area contributed by atoms with E-state index >= 15 is 0 Å². The van der Waals surface area contributed by atoms with Crippen LogP contribution in [0, 0.1) is 5.92 Å². The maximum atomic E-state index is 11.7. The lowest BCUT2D eigenvalue weighted by Gasteiger charge is -2.15. The first-order chi connectivity index (χ1) is 10.9. The predicted molar refractivity (Wildman–Crippen MR) is 94.9 cm³/mol. The summed E-state index contributed by atoms with van der Waals surface area (Å²) in [5, 5.41) is 7.77. The highest BCUT2D eigenvalue weighted by atomic mass is 35.5. The minimum absolute atomic E-state index is 0. The Morgan fingerprint density at radius 3 is 2.17 bits per heavy atom. The number of amides is 3. The van der Waals surface area contributed by atoms with Gasteiger partial charge in [0.15, 0.2) is 0 Å². The number of rotatable bonds is 8. The van der Waals surface area contributed by atoms with Gasteiger partial charge in [-0.1, -0.05) is 32.0 Å². The van der Waals surface area contributed by atoms with Crippen molar-refractivity contribution in [3.63, 3.8) is 0 Å². The average Bonchev–Trinajstić information content (AvgIpc) is 2.56. The largest absolute Gasteiger partial charge is 0.353 e. The SMILES string of the molecule is CC(C)[C@H](N)C(=O)NCC(=O)NCCNC(=O)c1ccccc1.Cl. The molecule has 1 aromatic rings. The van der Waals surface area contributed by atoms with Crippen LogP contribution in [-0.4, -0.2) is 43.4 Å². The van der Waals surface area contributed by atoms with Crippen LogP contribution < -0.4 is 21.7 Å². The molecule has 134 valence electrons. The molecule has 7 nitrogen and oxygen atoms in total. The molecule has 0 spiro atoms. The van der Waals surface area contributed by atoms with Crippen molar-refractivity contribution in [3.05, 3.63) is 35.9 Å². The van der Waals surface area contributed by atoms with Crippen molar-refractivity contribution < 1.29 is 14.4 Å². The predicted octanol–water partition coefficient (Wildman–Crippen LogP) is 0.0539. The van der Waals surface area contributed by atoms with Crippen molar-refractivity contribution in [2.24, 2.45) is 11.7 Å². The first kappa shape index (κ1) is 21.9. The number of carbonyl (C=O) groups excluding carboxylic acids is 3. The molecule has 8 heteroatoms. The van der Waals surface area contributed by atoms with Crippen LogP contribution >= 0.6 is 12.4 Å². The average molecular weight is 357 g/mol. The van der Waals surface area contributed by atoms with Gasteiger partial charge in [-0.15, -0.1) is 12.4 Å². The van der Waals surface area contributed by atoms with Crippen LogP contribution in [0.15, 0.2) is 30.3 Å². The summed E-state index contributed by atoms with van der Waals surface area (Å²) < 4.78 is 0. The highest BCUT2D eigenvalue weighted by Crippen LogP contribution is 1.97. The molecule has 0 aromatic heterocycles. The van der Waals surface area contributed by atoms with Gasteiger partial charge in [0.2, 0.25) is 11.8 Å². The van der Waals surface area contributed by atoms with Gasteiger partial charge < -0.3 is 21.7 Å². The van der Waals surface area contributed by atoms with E-state index in [1.165, 1.54) is 0 Å². The molecule has 3 amide bonds. The Balaban J connectivity index is 0.00000529. The topological polar surface area (TPSA) is 113 Å². The van der Waals surface area contributed by atoms with E-state index in [0.29, 0.717) is 12.1 Å². The van der Waals surface area contributed by atoms with Gasteiger partial charge in [0.25, 0.3) is 5.91 Å². The first-order valence-electron chi connectivity index (χ1n) is 7.55. The second kappa shape index (κ2) is 11.4. The van der Waals surface area contributed by atoms with E-state index in [9.17, 15) is 14.4 Å². The molecule has 0 heterocycles. The lowest BCUT2D eigenvalue weighted by molar-refractivity contribution is -0.127. The molecule has 0 aliphatic carbocycles. The second-order valence-electron chi connectivity index (χ2n) is 5.46. The Labute approximate surface area is 148 Å². The first-order valence-corrected chi connectivity index (χ1v) is 7.55. The molecule has 0 unspecified atom stereocenters. The number of hydrogen-bond donors (Lipinski definition) is 4. The van der Waals surface area contributed by atoms with E-state index < -0.39 is 6.04 Å². The standard InChI is InChI=1S/C16H24N4O3.ClH/c1-11(2)14(17)16(23)20-10-13(21)18-8-9-19-15(22)12-6-4-3-5-7-12;/h3-7,11,14H,8-10,17H2,1-2H3,(H,18,21)(H,19,22)(H,20,23);1H/t14-;/m0./s1. The monoisotopic (exact) mass is 356 g/mol. The molecule has 0 aliphatic heterocycles. The Morgan fingerprint density at radius 1 is 1.00 bits per heavy atom. The van der Waals surface area contributed by atoms with Crippen molar-refractivity contribution in [2.45, 2.75) is 19.9 Å². The Hall–Kier alpha value is -2.12. The quantitative estimate of drug-likeness (QED) is 0.493. The summed E-state index contributed by atoms with van der Waals surface area (Å²) >= 11 is 0. The maximum Gasteiger partial charge on any atom is 0.251 e. The Morgan fingerprint density at radius 2 is 1.58 bits per heavy atom. The number of hydrogen-bond acceptors (Lipinski definition) is 4. The normalized spacial score (nSPS) is 11.2. The van der Waals surface area contributed by atoms with Gasteiger partial charge in [-0.25, -0.2) is 0 Å². The Bertz CT molecular complexity index is 537. The molecule has 0 saturated heterocycles. The summed E-state index contributed by atoms with van der Waals surface area (Å²) in [5.74, 6) is -0.877.